The van der Waals surface area contributed by atoms with Gasteiger partial charge in [0.1, 0.15) is 40.8 Å². The van der Waals surface area contributed by atoms with E-state index in [0.29, 0.717) is 24.8 Å². The van der Waals surface area contributed by atoms with Crippen LogP contribution in [0.4, 0.5) is 5.82 Å². The molecule has 0 saturated heterocycles. The number of amides is 1. The van der Waals surface area contributed by atoms with Crippen LogP contribution in [-0.4, -0.2) is 87.2 Å². The van der Waals surface area contributed by atoms with Crippen LogP contribution < -0.4 is 119 Å². The maximum atomic E-state index is 12.8. The summed E-state index contributed by atoms with van der Waals surface area (Å²) in [6, 6.07) is 31.8. The maximum Gasteiger partial charge on any atom is 1.00 e. The van der Waals surface area contributed by atoms with E-state index in [1.807, 2.05) is 114 Å². The quantitative estimate of drug-likeness (QED) is 0.0372. The predicted molar refractivity (Wildman–Crippen MR) is 314 cm³/mol. The number of ether oxygens (including phenoxy) is 2. The number of nitrogens with two attached hydrogens (primary N) is 1. The zero-order valence-electron chi connectivity index (χ0n) is 50.4. The van der Waals surface area contributed by atoms with Crippen molar-refractivity contribution in [1.82, 2.24) is 55.0 Å². The first-order valence-electron chi connectivity index (χ1n) is 26.0. The standard InChI is InChI=1S/C24H23N7O.C18H16N4O2.C11H10ClN.C7H7N3O2.CH2O3.2K.H/c1-14-6-18-8-17(4-5-21(18)27-10-14)12-31-13-20(22(9-25)30-31)24(32)28-11-19-15(2)7-23(26)29-16(19)3;1-3-24-18(23)15-11-22(21-17(15)8-19)10-13-4-5-16-14(7-13)6-12(2)9-20-16;1-8-4-10-5-9(6-12)2-3-11(10)13-7-8;1-2-12-7(11)5-4-9-10-6(5)3-8;2-1-4-3;;;/h4-8,10,13H,11-12H2,1-3H3,(H2,26,29)(H,28,32);4-7,9,11H,3,10H2,1-2H3;2-5,7H,6H2,1H3;4H,2H2,1H3,(H,9,10);1,3H;;;/q;;;;;2*+1;-1/p-1. The molecule has 10 aromatic rings. The second-order valence-corrected chi connectivity index (χ2v) is 18.9. The monoisotopic (exact) mass is 1240 g/mol. The Kier molecular flexibility index (Phi) is 29.6. The molecule has 3 aromatic carbocycles. The third kappa shape index (κ3) is 20.7. The third-order valence-electron chi connectivity index (χ3n) is 12.3. The number of carbonyl (C=O) groups excluding carboxylic acids is 4. The molecule has 7 heterocycles. The summed E-state index contributed by atoms with van der Waals surface area (Å²) in [5.74, 6) is -0.407. The van der Waals surface area contributed by atoms with Gasteiger partial charge in [0.05, 0.1) is 54.6 Å². The largest absolute Gasteiger partial charge is 1.00 e. The molecule has 23 nitrogen and oxygen atoms in total. The first kappa shape index (κ1) is 71.8. The molecule has 1 amide bonds. The molecule has 0 aliphatic rings. The second-order valence-electron chi connectivity index (χ2n) is 18.7. The van der Waals surface area contributed by atoms with E-state index in [1.54, 1.807) is 47.7 Å². The SMILES string of the molecule is CCOC(=O)c1cn(Cc2ccc3ncc(C)cc3c2)nc1C#N.CCOC(=O)c1cn[nH]c1C#N.Cc1cnc2ccc(CCl)cc2c1.Cc1cnc2ccc(Cn3cc(C(=O)NCc4c(C)cc(N)nc4C)c(C#N)n3)cc2c1.O=CO[O-].[H-].[K+].[K+]. The minimum Gasteiger partial charge on any atom is -1.00 e. The number of hydrogen-bond acceptors (Lipinski definition) is 19. The van der Waals surface area contributed by atoms with Crippen molar-refractivity contribution < 1.29 is 143 Å². The number of nitrogen functional groups attached to an aromatic ring is 1. The summed E-state index contributed by atoms with van der Waals surface area (Å²) in [6.45, 7) is 14.8. The van der Waals surface area contributed by atoms with E-state index in [9.17, 15) is 19.6 Å². The van der Waals surface area contributed by atoms with Gasteiger partial charge >= 0.3 is 115 Å². The molecule has 0 fully saturated rings. The molecule has 4 N–H and O–H groups in total. The number of hydrogen-bond donors (Lipinski definition) is 3. The van der Waals surface area contributed by atoms with Crippen LogP contribution in [0, 0.1) is 68.6 Å². The number of halogens is 1. The molecule has 87 heavy (non-hydrogen) atoms. The van der Waals surface area contributed by atoms with Gasteiger partial charge in [0.2, 0.25) is 0 Å². The number of alkyl halides is 1. The molecule has 0 radical (unpaired) electrons. The number of aromatic nitrogens is 10. The predicted octanol–water partition coefficient (Wildman–Crippen LogP) is 2.32. The van der Waals surface area contributed by atoms with Gasteiger partial charge in [0.15, 0.2) is 11.4 Å². The topological polar surface area (TPSA) is 344 Å². The van der Waals surface area contributed by atoms with Crippen molar-refractivity contribution in [2.45, 2.75) is 74.0 Å². The zero-order valence-corrected chi connectivity index (χ0v) is 56.4. The van der Waals surface area contributed by atoms with Gasteiger partial charge in [0.25, 0.3) is 12.4 Å². The molecule has 26 heteroatoms. The van der Waals surface area contributed by atoms with Crippen LogP contribution in [0.3, 0.4) is 0 Å². The van der Waals surface area contributed by atoms with E-state index in [-0.39, 0.29) is 170 Å². The Morgan fingerprint density at radius 3 is 1.56 bits per heavy atom. The number of fused-ring (bicyclic) bond motifs is 3. The summed E-state index contributed by atoms with van der Waals surface area (Å²) in [6.07, 6.45) is 9.98. The number of rotatable bonds is 13. The van der Waals surface area contributed by atoms with E-state index < -0.39 is 11.9 Å². The number of esters is 2. The van der Waals surface area contributed by atoms with Gasteiger partial charge < -0.3 is 32.1 Å². The zero-order chi connectivity index (χ0) is 61.6. The van der Waals surface area contributed by atoms with Crippen LogP contribution in [0.25, 0.3) is 32.7 Å². The van der Waals surface area contributed by atoms with E-state index in [2.05, 4.69) is 79.5 Å². The Balaban J connectivity index is 0.000000318. The van der Waals surface area contributed by atoms with Gasteiger partial charge in [-0.3, -0.25) is 39.0 Å². The average molecular weight is 1240 g/mol. The number of benzene rings is 3. The molecule has 0 aliphatic heterocycles. The maximum absolute atomic E-state index is 12.8. The van der Waals surface area contributed by atoms with Crippen molar-refractivity contribution in [2.75, 3.05) is 18.9 Å². The van der Waals surface area contributed by atoms with Crippen molar-refractivity contribution in [1.29, 1.82) is 15.8 Å². The van der Waals surface area contributed by atoms with Gasteiger partial charge in [0, 0.05) is 65.3 Å². The van der Waals surface area contributed by atoms with Crippen LogP contribution in [0.5, 0.6) is 0 Å². The Morgan fingerprint density at radius 1 is 0.678 bits per heavy atom. The number of nitrogens with one attached hydrogen (secondary N) is 2. The molecule has 0 atom stereocenters. The van der Waals surface area contributed by atoms with Gasteiger partial charge in [-0.2, -0.15) is 31.1 Å². The van der Waals surface area contributed by atoms with E-state index in [0.717, 1.165) is 77.3 Å². The first-order chi connectivity index (χ1) is 40.9. The Hall–Kier alpha value is -7.66. The van der Waals surface area contributed by atoms with Crippen LogP contribution >= 0.6 is 11.6 Å². The number of aromatic amines is 1. The van der Waals surface area contributed by atoms with Crippen molar-refractivity contribution in [3.8, 4) is 18.2 Å². The fourth-order valence-corrected chi connectivity index (χ4v) is 8.54. The van der Waals surface area contributed by atoms with Crippen molar-refractivity contribution >= 4 is 74.4 Å². The number of pyridine rings is 4. The molecular weight excluding hydrogens is 1180 g/mol. The van der Waals surface area contributed by atoms with Crippen LogP contribution in [0.2, 0.25) is 0 Å². The van der Waals surface area contributed by atoms with E-state index in [1.165, 1.54) is 11.8 Å². The Labute approximate surface area is 592 Å². The fourth-order valence-electron chi connectivity index (χ4n) is 8.38. The first-order valence-corrected chi connectivity index (χ1v) is 26.6. The number of anilines is 1. The van der Waals surface area contributed by atoms with Crippen LogP contribution in [0.15, 0.2) is 116 Å². The Bertz CT molecular complexity index is 4150. The molecular formula is C61H58ClK2N15O8. The molecule has 0 aliphatic carbocycles. The van der Waals surface area contributed by atoms with E-state index >= 15 is 0 Å². The molecule has 0 bridgehead atoms. The number of nitriles is 3. The van der Waals surface area contributed by atoms with E-state index in [4.69, 9.17) is 42.6 Å². The van der Waals surface area contributed by atoms with Gasteiger partial charge in [-0.15, -0.1) is 11.6 Å². The number of carbonyl (C=O) groups is 4. The van der Waals surface area contributed by atoms with Gasteiger partial charge in [-0.1, -0.05) is 18.2 Å². The molecule has 0 spiro atoms. The minimum absolute atomic E-state index is 0. The third-order valence-corrected chi connectivity index (χ3v) is 12.6. The number of nitrogens with zero attached hydrogens (tertiary/aromatic N) is 12. The molecule has 0 saturated carbocycles. The second kappa shape index (κ2) is 35.8. The summed E-state index contributed by atoms with van der Waals surface area (Å²) >= 11 is 5.75. The molecule has 0 unspecified atom stereocenters. The van der Waals surface area contributed by atoms with Crippen LogP contribution in [-0.2, 0) is 44.7 Å². The molecule has 434 valence electrons. The van der Waals surface area contributed by atoms with Crippen molar-refractivity contribution in [2.24, 2.45) is 0 Å². The summed E-state index contributed by atoms with van der Waals surface area (Å²) in [5, 5.41) is 56.1. The normalized spacial score (nSPS) is 9.95. The molecule has 10 rings (SSSR count). The van der Waals surface area contributed by atoms with Crippen molar-refractivity contribution in [3.05, 3.63) is 200 Å². The minimum atomic E-state index is -0.529. The average Bonchev–Trinajstić information content (AvgIpc) is 4.37. The smallest absolute Gasteiger partial charge is 1.00 e. The Morgan fingerprint density at radius 2 is 1.13 bits per heavy atom. The molecule has 7 aromatic heterocycles. The summed E-state index contributed by atoms with van der Waals surface area (Å²) in [7, 11) is 0. The number of aryl methyl sites for hydroxylation is 5. The summed E-state index contributed by atoms with van der Waals surface area (Å²) in [4.78, 5) is 64.3. The van der Waals surface area contributed by atoms with Crippen molar-refractivity contribution in [3.63, 3.8) is 0 Å². The van der Waals surface area contributed by atoms with Crippen LogP contribution in [0.1, 0.15) is 114 Å². The number of H-pyrrole nitrogens is 1. The summed E-state index contributed by atoms with van der Waals surface area (Å²) in [5.41, 5.74) is 18.7. The van der Waals surface area contributed by atoms with Gasteiger partial charge in [-0.05, 0) is 154 Å². The fraction of sp³-hybridized carbons (Fsp3) is 0.213. The summed E-state index contributed by atoms with van der Waals surface area (Å²) < 4.78 is 12.8. The van der Waals surface area contributed by atoms with Gasteiger partial charge in [-0.25, -0.2) is 14.6 Å².